The highest BCUT2D eigenvalue weighted by Gasteiger charge is 2.25. The van der Waals surface area contributed by atoms with Crippen LogP contribution in [0.3, 0.4) is 0 Å². The maximum Gasteiger partial charge on any atom is 0.261 e. The molecular formula is C31H38N8OS. The Kier molecular flexibility index (Phi) is 7.26. The Morgan fingerprint density at radius 3 is 2.66 bits per heavy atom. The normalized spacial score (nSPS) is 19.8. The molecule has 1 atom stereocenters. The fraction of sp³-hybridized carbons (Fsp3) is 0.452. The van der Waals surface area contributed by atoms with E-state index in [1.807, 2.05) is 0 Å². The van der Waals surface area contributed by atoms with Crippen LogP contribution >= 0.6 is 11.3 Å². The van der Waals surface area contributed by atoms with Gasteiger partial charge >= 0.3 is 0 Å². The summed E-state index contributed by atoms with van der Waals surface area (Å²) in [4.78, 5) is 35.4. The van der Waals surface area contributed by atoms with Gasteiger partial charge in [0.05, 0.1) is 16.7 Å². The molecule has 214 valence electrons. The van der Waals surface area contributed by atoms with E-state index in [1.165, 1.54) is 29.0 Å². The summed E-state index contributed by atoms with van der Waals surface area (Å²) < 4.78 is 0. The Hall–Kier alpha value is -3.63. The van der Waals surface area contributed by atoms with E-state index in [2.05, 4.69) is 78.7 Å². The first-order chi connectivity index (χ1) is 20.1. The minimum atomic E-state index is 0.0654. The predicted molar refractivity (Wildman–Crippen MR) is 167 cm³/mol. The lowest BCUT2D eigenvalue weighted by Crippen LogP contribution is -2.48. The van der Waals surface area contributed by atoms with E-state index in [-0.39, 0.29) is 11.9 Å². The van der Waals surface area contributed by atoms with Crippen molar-refractivity contribution < 1.29 is 4.79 Å². The van der Waals surface area contributed by atoms with Crippen LogP contribution in [0.4, 0.5) is 23.0 Å². The maximum absolute atomic E-state index is 13.1. The van der Waals surface area contributed by atoms with Crippen molar-refractivity contribution in [1.82, 2.24) is 25.2 Å². The van der Waals surface area contributed by atoms with Crippen LogP contribution < -0.4 is 20.4 Å². The van der Waals surface area contributed by atoms with Crippen molar-refractivity contribution in [1.29, 1.82) is 0 Å². The molecule has 2 aliphatic heterocycles. The van der Waals surface area contributed by atoms with Crippen molar-refractivity contribution in [2.24, 2.45) is 0 Å². The number of anilines is 4. The Morgan fingerprint density at radius 1 is 1.00 bits per heavy atom. The number of nitrogens with zero attached hydrogens (tertiary/aromatic N) is 5. The number of thiophene rings is 1. The van der Waals surface area contributed by atoms with E-state index in [4.69, 9.17) is 4.98 Å². The lowest BCUT2D eigenvalue weighted by atomic mass is 9.99. The number of piperazine rings is 1. The summed E-state index contributed by atoms with van der Waals surface area (Å²) in [7, 11) is 2.18. The molecule has 2 fully saturated rings. The minimum Gasteiger partial charge on any atom is -0.369 e. The van der Waals surface area contributed by atoms with Crippen LogP contribution in [0.1, 0.15) is 45.8 Å². The van der Waals surface area contributed by atoms with Crippen LogP contribution in [0.2, 0.25) is 0 Å². The number of hydrogen-bond donors (Lipinski definition) is 3. The van der Waals surface area contributed by atoms with Crippen molar-refractivity contribution in [2.75, 3.05) is 61.4 Å². The van der Waals surface area contributed by atoms with Crippen molar-refractivity contribution in [3.05, 3.63) is 58.0 Å². The third kappa shape index (κ3) is 5.63. The van der Waals surface area contributed by atoms with Gasteiger partial charge in [0.1, 0.15) is 11.3 Å². The first-order valence-electron chi connectivity index (χ1n) is 14.9. The summed E-state index contributed by atoms with van der Waals surface area (Å²) in [5.74, 6) is 1.70. The molecule has 1 unspecified atom stereocenters. The highest BCUT2D eigenvalue weighted by atomic mass is 32.1. The summed E-state index contributed by atoms with van der Waals surface area (Å²) in [5, 5.41) is 6.85. The number of carbonyl (C=O) groups excluding carboxylic acids is 1. The number of carbonyl (C=O) groups is 1. The first kappa shape index (κ1) is 26.3. The number of rotatable bonds is 6. The van der Waals surface area contributed by atoms with E-state index in [0.717, 1.165) is 98.2 Å². The van der Waals surface area contributed by atoms with Crippen molar-refractivity contribution >= 4 is 51.3 Å². The molecule has 5 heterocycles. The number of aryl methyl sites for hydroxylation is 2. The van der Waals surface area contributed by atoms with Gasteiger partial charge < -0.3 is 30.3 Å². The Morgan fingerprint density at radius 2 is 1.83 bits per heavy atom. The van der Waals surface area contributed by atoms with E-state index >= 15 is 0 Å². The van der Waals surface area contributed by atoms with Crippen LogP contribution in [-0.2, 0) is 12.8 Å². The Bertz CT molecular complexity index is 1500. The average molecular weight is 571 g/mol. The lowest BCUT2D eigenvalue weighted by molar-refractivity contribution is 0.0937. The smallest absolute Gasteiger partial charge is 0.261 e. The molecule has 1 amide bonds. The second-order valence-corrected chi connectivity index (χ2v) is 12.8. The summed E-state index contributed by atoms with van der Waals surface area (Å²) in [6.45, 7) is 5.92. The molecule has 1 aromatic carbocycles. The number of nitrogens with one attached hydrogen (secondary N) is 3. The quantitative estimate of drug-likeness (QED) is 0.307. The van der Waals surface area contributed by atoms with Crippen LogP contribution in [0.5, 0.6) is 0 Å². The largest absolute Gasteiger partial charge is 0.369 e. The van der Waals surface area contributed by atoms with Gasteiger partial charge in [-0.3, -0.25) is 4.79 Å². The fourth-order valence-electron chi connectivity index (χ4n) is 6.30. The average Bonchev–Trinajstić information content (AvgIpc) is 3.66. The van der Waals surface area contributed by atoms with Crippen LogP contribution in [-0.4, -0.2) is 78.1 Å². The monoisotopic (exact) mass is 570 g/mol. The number of hydrogen-bond acceptors (Lipinski definition) is 8. The zero-order chi connectivity index (χ0) is 27.8. The molecule has 3 aromatic heterocycles. The molecule has 10 heteroatoms. The van der Waals surface area contributed by atoms with Gasteiger partial charge in [0.15, 0.2) is 5.82 Å². The van der Waals surface area contributed by atoms with Gasteiger partial charge in [0.25, 0.3) is 5.91 Å². The molecule has 4 aromatic rings. The van der Waals surface area contributed by atoms with Gasteiger partial charge in [0, 0.05) is 67.6 Å². The number of piperidine rings is 1. The summed E-state index contributed by atoms with van der Waals surface area (Å²) >= 11 is 1.68. The van der Waals surface area contributed by atoms with E-state index < -0.39 is 0 Å². The van der Waals surface area contributed by atoms with E-state index in [1.54, 1.807) is 17.7 Å². The third-order valence-electron chi connectivity index (χ3n) is 8.69. The predicted octanol–water partition coefficient (Wildman–Crippen LogP) is 4.79. The van der Waals surface area contributed by atoms with Crippen LogP contribution in [0, 0.1) is 0 Å². The molecule has 0 bridgehead atoms. The van der Waals surface area contributed by atoms with E-state index in [0.29, 0.717) is 0 Å². The van der Waals surface area contributed by atoms with Gasteiger partial charge in [-0.2, -0.15) is 0 Å². The zero-order valence-corrected chi connectivity index (χ0v) is 24.5. The topological polar surface area (TPSA) is 92.4 Å². The molecular weight excluding hydrogens is 532 g/mol. The van der Waals surface area contributed by atoms with Gasteiger partial charge in [0.2, 0.25) is 0 Å². The molecule has 41 heavy (non-hydrogen) atoms. The second-order valence-electron chi connectivity index (χ2n) is 11.6. The number of likely N-dealkylation sites (N-methyl/N-ethyl adjacent to an activating group) is 1. The Balaban J connectivity index is 1.05. The summed E-state index contributed by atoms with van der Waals surface area (Å²) in [5.41, 5.74) is 5.38. The number of benzene rings is 1. The van der Waals surface area contributed by atoms with Crippen molar-refractivity contribution in [3.8, 4) is 0 Å². The number of aromatic amines is 1. The zero-order valence-electron chi connectivity index (χ0n) is 23.7. The number of amides is 1. The molecule has 0 saturated carbocycles. The molecule has 0 radical (unpaired) electrons. The number of fused-ring (bicyclic) bond motifs is 2. The summed E-state index contributed by atoms with van der Waals surface area (Å²) in [6.07, 6.45) is 8.39. The summed E-state index contributed by atoms with van der Waals surface area (Å²) in [6, 6.07) is 12.9. The Labute approximate surface area is 245 Å². The lowest BCUT2D eigenvalue weighted by Gasteiger charge is -2.34. The molecule has 9 nitrogen and oxygen atoms in total. The van der Waals surface area contributed by atoms with Crippen molar-refractivity contribution in [2.45, 2.75) is 44.6 Å². The number of aromatic nitrogens is 3. The minimum absolute atomic E-state index is 0.0654. The number of imidazole rings is 1. The third-order valence-corrected chi connectivity index (χ3v) is 9.93. The molecule has 3 aliphatic rings. The molecule has 0 spiro atoms. The van der Waals surface area contributed by atoms with E-state index in [9.17, 15) is 4.79 Å². The molecule has 1 aliphatic carbocycles. The first-order valence-corrected chi connectivity index (χ1v) is 15.7. The number of H-pyrrole nitrogens is 1. The van der Waals surface area contributed by atoms with Crippen molar-refractivity contribution in [3.63, 3.8) is 0 Å². The molecule has 7 rings (SSSR count). The highest BCUT2D eigenvalue weighted by molar-refractivity contribution is 7.14. The number of pyridine rings is 1. The maximum atomic E-state index is 13.1. The SMILES string of the molecule is CN1CCN(c2ccc(Nc3nc(N4CCCC(NC(=O)c5cc6c(s5)CCCC6)C4)cc4[nH]cnc34)cc2)CC1. The van der Waals surface area contributed by atoms with Crippen LogP contribution in [0.15, 0.2) is 42.7 Å². The van der Waals surface area contributed by atoms with Crippen LogP contribution in [0.25, 0.3) is 11.0 Å². The van der Waals surface area contributed by atoms with Gasteiger partial charge in [-0.15, -0.1) is 11.3 Å². The fourth-order valence-corrected chi connectivity index (χ4v) is 7.46. The second kappa shape index (κ2) is 11.3. The standard InChI is InChI=1S/C31H38N8OS/c1-37-13-15-38(16-14-37)24-10-8-22(9-11-24)34-30-29-25(32-20-33-29)18-28(36-30)39-12-4-6-23(19-39)35-31(40)27-17-21-5-2-3-7-26(21)41-27/h8-11,17-18,20,23H,2-7,12-16,19H2,1H3,(H,32,33)(H,34,36)(H,35,40). The van der Waals surface area contributed by atoms with Gasteiger partial charge in [-0.1, -0.05) is 0 Å². The van der Waals surface area contributed by atoms with Gasteiger partial charge in [-0.25, -0.2) is 9.97 Å². The highest BCUT2D eigenvalue weighted by Crippen LogP contribution is 2.31. The molecule has 3 N–H and O–H groups in total. The van der Waals surface area contributed by atoms with Gasteiger partial charge in [-0.05, 0) is 81.5 Å². The molecule has 2 saturated heterocycles.